The van der Waals surface area contributed by atoms with E-state index in [0.29, 0.717) is 5.69 Å². The number of benzene rings is 1. The molecule has 0 bridgehead atoms. The minimum atomic E-state index is -0.238. The highest BCUT2D eigenvalue weighted by molar-refractivity contribution is 5.65. The summed E-state index contributed by atoms with van der Waals surface area (Å²) >= 11 is 0. The summed E-state index contributed by atoms with van der Waals surface area (Å²) in [7, 11) is 0. The summed E-state index contributed by atoms with van der Waals surface area (Å²) in [6.45, 7) is 3.22. The van der Waals surface area contributed by atoms with E-state index in [9.17, 15) is 4.39 Å². The molecule has 18 heavy (non-hydrogen) atoms. The maximum absolute atomic E-state index is 13.1. The van der Waals surface area contributed by atoms with Crippen LogP contribution < -0.4 is 11.1 Å². The molecule has 2 nitrogen and oxygen atoms in total. The summed E-state index contributed by atoms with van der Waals surface area (Å²) in [5.41, 5.74) is 7.14. The number of halogens is 1. The molecule has 0 heterocycles. The van der Waals surface area contributed by atoms with Gasteiger partial charge in [-0.3, -0.25) is 0 Å². The van der Waals surface area contributed by atoms with E-state index in [1.165, 1.54) is 37.8 Å². The van der Waals surface area contributed by atoms with Crippen molar-refractivity contribution in [3.63, 3.8) is 0 Å². The lowest BCUT2D eigenvalue weighted by Gasteiger charge is -2.26. The van der Waals surface area contributed by atoms with E-state index in [0.717, 1.165) is 30.5 Å². The Morgan fingerprint density at radius 2 is 2.22 bits per heavy atom. The minimum absolute atomic E-state index is 0.238. The van der Waals surface area contributed by atoms with E-state index in [1.54, 1.807) is 6.07 Å². The molecule has 1 aromatic rings. The molecule has 0 spiro atoms. The fraction of sp³-hybridized carbons (Fsp3) is 0.600. The Balaban J connectivity index is 1.79. The Morgan fingerprint density at radius 1 is 1.39 bits per heavy atom. The van der Waals surface area contributed by atoms with Crippen molar-refractivity contribution < 1.29 is 4.39 Å². The molecule has 1 aliphatic rings. The van der Waals surface area contributed by atoms with Crippen LogP contribution in [0.1, 0.15) is 39.0 Å². The van der Waals surface area contributed by atoms with Crippen LogP contribution in [0.5, 0.6) is 0 Å². The van der Waals surface area contributed by atoms with Gasteiger partial charge in [-0.15, -0.1) is 0 Å². The van der Waals surface area contributed by atoms with Gasteiger partial charge in [-0.2, -0.15) is 0 Å². The number of nitrogens with one attached hydrogen (secondary N) is 1. The molecule has 0 radical (unpaired) electrons. The standard InChI is InChI=1S/C15H23FN2/c1-11-3-2-4-12(9-11)7-8-18-15-10-13(16)5-6-14(15)17/h5-6,10-12,18H,2-4,7-9,17H2,1H3. The van der Waals surface area contributed by atoms with Gasteiger partial charge in [0.25, 0.3) is 0 Å². The van der Waals surface area contributed by atoms with E-state index in [-0.39, 0.29) is 5.82 Å². The molecule has 0 aliphatic heterocycles. The van der Waals surface area contributed by atoms with Crippen molar-refractivity contribution in [3.8, 4) is 0 Å². The zero-order valence-corrected chi connectivity index (χ0v) is 11.1. The van der Waals surface area contributed by atoms with Gasteiger partial charge in [0.15, 0.2) is 0 Å². The van der Waals surface area contributed by atoms with Gasteiger partial charge >= 0.3 is 0 Å². The molecule has 0 aromatic heterocycles. The van der Waals surface area contributed by atoms with Crippen LogP contribution in [0.15, 0.2) is 18.2 Å². The fourth-order valence-corrected chi connectivity index (χ4v) is 2.91. The minimum Gasteiger partial charge on any atom is -0.397 e. The third-order valence-corrected chi connectivity index (χ3v) is 3.93. The summed E-state index contributed by atoms with van der Waals surface area (Å²) in [6, 6.07) is 4.47. The molecule has 2 unspecified atom stereocenters. The molecule has 3 heteroatoms. The van der Waals surface area contributed by atoms with Gasteiger partial charge in [-0.1, -0.05) is 26.2 Å². The molecule has 100 valence electrons. The van der Waals surface area contributed by atoms with Crippen LogP contribution in [-0.2, 0) is 0 Å². The summed E-state index contributed by atoms with van der Waals surface area (Å²) in [5.74, 6) is 1.44. The predicted octanol–water partition coefficient (Wildman–Crippen LogP) is 4.04. The number of rotatable bonds is 4. The second-order valence-corrected chi connectivity index (χ2v) is 5.58. The van der Waals surface area contributed by atoms with E-state index >= 15 is 0 Å². The first-order valence-corrected chi connectivity index (χ1v) is 6.94. The average Bonchev–Trinajstić information content (AvgIpc) is 2.34. The van der Waals surface area contributed by atoms with Crippen molar-refractivity contribution in [2.75, 3.05) is 17.6 Å². The number of hydrogen-bond donors (Lipinski definition) is 2. The summed E-state index contributed by atoms with van der Waals surface area (Å²) in [4.78, 5) is 0. The smallest absolute Gasteiger partial charge is 0.125 e. The molecule has 0 saturated heterocycles. The Bertz CT molecular complexity index is 392. The van der Waals surface area contributed by atoms with Gasteiger partial charge in [0.2, 0.25) is 0 Å². The molecule has 2 atom stereocenters. The van der Waals surface area contributed by atoms with Crippen LogP contribution in [-0.4, -0.2) is 6.54 Å². The summed E-state index contributed by atoms with van der Waals surface area (Å²) < 4.78 is 13.1. The van der Waals surface area contributed by atoms with Crippen LogP contribution in [0.4, 0.5) is 15.8 Å². The van der Waals surface area contributed by atoms with Gasteiger partial charge < -0.3 is 11.1 Å². The van der Waals surface area contributed by atoms with Crippen molar-refractivity contribution in [1.29, 1.82) is 0 Å². The van der Waals surface area contributed by atoms with Gasteiger partial charge in [0, 0.05) is 6.54 Å². The van der Waals surface area contributed by atoms with Gasteiger partial charge in [-0.05, 0) is 42.9 Å². The van der Waals surface area contributed by atoms with Crippen LogP contribution in [0, 0.1) is 17.7 Å². The van der Waals surface area contributed by atoms with Gasteiger partial charge in [0.1, 0.15) is 5.82 Å². The van der Waals surface area contributed by atoms with E-state index in [1.807, 2.05) is 0 Å². The topological polar surface area (TPSA) is 38.0 Å². The highest BCUT2D eigenvalue weighted by atomic mass is 19.1. The van der Waals surface area contributed by atoms with Gasteiger partial charge in [-0.25, -0.2) is 4.39 Å². The molecule has 3 N–H and O–H groups in total. The first-order chi connectivity index (χ1) is 8.65. The van der Waals surface area contributed by atoms with Crippen molar-refractivity contribution in [2.45, 2.75) is 39.0 Å². The maximum Gasteiger partial charge on any atom is 0.125 e. The molecule has 1 saturated carbocycles. The Hall–Kier alpha value is -1.25. The second-order valence-electron chi connectivity index (χ2n) is 5.58. The van der Waals surface area contributed by atoms with E-state index in [2.05, 4.69) is 12.2 Å². The molecular weight excluding hydrogens is 227 g/mol. The quantitative estimate of drug-likeness (QED) is 0.792. The lowest BCUT2D eigenvalue weighted by Crippen LogP contribution is -2.17. The monoisotopic (exact) mass is 250 g/mol. The van der Waals surface area contributed by atoms with Gasteiger partial charge in [0.05, 0.1) is 11.4 Å². The normalized spacial score (nSPS) is 23.9. The van der Waals surface area contributed by atoms with Crippen molar-refractivity contribution in [2.24, 2.45) is 11.8 Å². The van der Waals surface area contributed by atoms with Crippen LogP contribution in [0.25, 0.3) is 0 Å². The van der Waals surface area contributed by atoms with Crippen LogP contribution in [0.3, 0.4) is 0 Å². The van der Waals surface area contributed by atoms with Crippen LogP contribution >= 0.6 is 0 Å². The number of nitrogens with two attached hydrogens (primary N) is 1. The SMILES string of the molecule is CC1CCCC(CCNc2cc(F)ccc2N)C1. The molecule has 0 amide bonds. The molecule has 2 rings (SSSR count). The third kappa shape index (κ3) is 3.62. The second kappa shape index (κ2) is 6.07. The molecule has 1 fully saturated rings. The van der Waals surface area contributed by atoms with Crippen molar-refractivity contribution in [1.82, 2.24) is 0 Å². The number of hydrogen-bond acceptors (Lipinski definition) is 2. The average molecular weight is 250 g/mol. The van der Waals surface area contributed by atoms with E-state index < -0.39 is 0 Å². The number of nitrogen functional groups attached to an aromatic ring is 1. The largest absolute Gasteiger partial charge is 0.397 e. The predicted molar refractivity (Wildman–Crippen MR) is 75.0 cm³/mol. The Morgan fingerprint density at radius 3 is 3.00 bits per heavy atom. The Kier molecular flexibility index (Phi) is 4.45. The zero-order valence-electron chi connectivity index (χ0n) is 11.1. The lowest BCUT2D eigenvalue weighted by molar-refractivity contribution is 0.274. The zero-order chi connectivity index (χ0) is 13.0. The highest BCUT2D eigenvalue weighted by Gasteiger charge is 2.18. The Labute approximate surface area is 109 Å². The van der Waals surface area contributed by atoms with Crippen LogP contribution in [0.2, 0.25) is 0 Å². The van der Waals surface area contributed by atoms with Crippen molar-refractivity contribution in [3.05, 3.63) is 24.0 Å². The summed E-state index contributed by atoms with van der Waals surface area (Å²) in [5, 5.41) is 3.25. The lowest BCUT2D eigenvalue weighted by atomic mass is 9.81. The van der Waals surface area contributed by atoms with E-state index in [4.69, 9.17) is 5.73 Å². The maximum atomic E-state index is 13.1. The number of anilines is 2. The highest BCUT2D eigenvalue weighted by Crippen LogP contribution is 2.30. The van der Waals surface area contributed by atoms with Crippen molar-refractivity contribution >= 4 is 11.4 Å². The molecule has 1 aliphatic carbocycles. The first-order valence-electron chi connectivity index (χ1n) is 6.94. The summed E-state index contributed by atoms with van der Waals surface area (Å²) in [6.07, 6.45) is 6.56. The third-order valence-electron chi connectivity index (χ3n) is 3.93. The first kappa shape index (κ1) is 13.2. The molecule has 1 aromatic carbocycles. The fourth-order valence-electron chi connectivity index (χ4n) is 2.91. The molecular formula is C15H23FN2.